The molecule has 0 saturated heterocycles. The molecule has 0 bridgehead atoms. The van der Waals surface area contributed by atoms with E-state index in [9.17, 15) is 0 Å². The van der Waals surface area contributed by atoms with E-state index in [0.717, 1.165) is 22.1 Å². The minimum absolute atomic E-state index is 0.665. The van der Waals surface area contributed by atoms with Gasteiger partial charge in [-0.25, -0.2) is 15.0 Å². The first-order valence-corrected chi connectivity index (χ1v) is 12.7. The van der Waals surface area contributed by atoms with Crippen LogP contribution in [-0.2, 0) is 0 Å². The lowest BCUT2D eigenvalue weighted by atomic mass is 9.96. The van der Waals surface area contributed by atoms with Gasteiger partial charge in [0.1, 0.15) is 0 Å². The van der Waals surface area contributed by atoms with Crippen molar-refractivity contribution >= 4 is 21.5 Å². The van der Waals surface area contributed by atoms with Gasteiger partial charge in [0.2, 0.25) is 0 Å². The standard InChI is InChI=1S/C35H23N3/c1-3-11-25(12-4-1)33-36-34(26-13-5-2-6-14-26)38-35(37-33)30-21-19-27-22-29(20-18-28(27)23-30)32-17-9-15-24-10-7-8-16-31(24)32/h1-23H. The molecule has 0 radical (unpaired) electrons. The van der Waals surface area contributed by atoms with Gasteiger partial charge < -0.3 is 0 Å². The molecule has 0 aliphatic heterocycles. The molecule has 3 heteroatoms. The van der Waals surface area contributed by atoms with Crippen LogP contribution >= 0.6 is 0 Å². The second-order valence-electron chi connectivity index (χ2n) is 9.34. The average molecular weight is 486 g/mol. The van der Waals surface area contributed by atoms with Crippen molar-refractivity contribution in [2.24, 2.45) is 0 Å². The van der Waals surface area contributed by atoms with Crippen LogP contribution in [0.2, 0.25) is 0 Å². The van der Waals surface area contributed by atoms with Gasteiger partial charge in [-0.15, -0.1) is 0 Å². The highest BCUT2D eigenvalue weighted by Crippen LogP contribution is 2.32. The summed E-state index contributed by atoms with van der Waals surface area (Å²) in [6, 6.07) is 48.2. The Balaban J connectivity index is 1.34. The molecule has 0 N–H and O–H groups in total. The molecular formula is C35H23N3. The maximum atomic E-state index is 4.88. The minimum Gasteiger partial charge on any atom is -0.208 e. The summed E-state index contributed by atoms with van der Waals surface area (Å²) < 4.78 is 0. The predicted molar refractivity (Wildman–Crippen MR) is 157 cm³/mol. The maximum Gasteiger partial charge on any atom is 0.164 e. The van der Waals surface area contributed by atoms with Crippen LogP contribution in [0.4, 0.5) is 0 Å². The van der Waals surface area contributed by atoms with Gasteiger partial charge in [0.05, 0.1) is 0 Å². The smallest absolute Gasteiger partial charge is 0.164 e. The lowest BCUT2D eigenvalue weighted by Crippen LogP contribution is -2.00. The van der Waals surface area contributed by atoms with E-state index in [1.54, 1.807) is 0 Å². The number of hydrogen-bond donors (Lipinski definition) is 0. The molecule has 6 aromatic carbocycles. The molecule has 0 unspecified atom stereocenters. The van der Waals surface area contributed by atoms with Gasteiger partial charge in [0.25, 0.3) is 0 Å². The van der Waals surface area contributed by atoms with E-state index in [-0.39, 0.29) is 0 Å². The van der Waals surface area contributed by atoms with E-state index >= 15 is 0 Å². The number of fused-ring (bicyclic) bond motifs is 2. The van der Waals surface area contributed by atoms with Crippen LogP contribution in [0, 0.1) is 0 Å². The number of rotatable bonds is 4. The summed E-state index contributed by atoms with van der Waals surface area (Å²) in [5, 5.41) is 4.84. The highest BCUT2D eigenvalue weighted by molar-refractivity contribution is 5.99. The van der Waals surface area contributed by atoms with Gasteiger partial charge in [-0.2, -0.15) is 0 Å². The Morgan fingerprint density at radius 1 is 0.316 bits per heavy atom. The third kappa shape index (κ3) is 4.10. The van der Waals surface area contributed by atoms with Crippen molar-refractivity contribution in [2.75, 3.05) is 0 Å². The van der Waals surface area contributed by atoms with Gasteiger partial charge in [-0.3, -0.25) is 0 Å². The largest absolute Gasteiger partial charge is 0.208 e. The SMILES string of the molecule is c1ccc(-c2nc(-c3ccccc3)nc(-c3ccc4cc(-c5cccc6ccccc56)ccc4c3)n2)cc1. The fourth-order valence-electron chi connectivity index (χ4n) is 4.97. The summed E-state index contributed by atoms with van der Waals surface area (Å²) in [7, 11) is 0. The summed E-state index contributed by atoms with van der Waals surface area (Å²) in [6.07, 6.45) is 0. The first-order chi connectivity index (χ1) is 18.8. The average Bonchev–Trinajstić information content (AvgIpc) is 3.01. The molecule has 0 saturated carbocycles. The number of nitrogens with zero attached hydrogens (tertiary/aromatic N) is 3. The van der Waals surface area contributed by atoms with Gasteiger partial charge in [0, 0.05) is 16.7 Å². The molecule has 0 atom stereocenters. The molecule has 3 nitrogen and oxygen atoms in total. The molecule has 178 valence electrons. The third-order valence-electron chi connectivity index (χ3n) is 6.90. The van der Waals surface area contributed by atoms with Crippen LogP contribution in [0.5, 0.6) is 0 Å². The van der Waals surface area contributed by atoms with Crippen molar-refractivity contribution in [1.82, 2.24) is 15.0 Å². The van der Waals surface area contributed by atoms with Gasteiger partial charge in [-0.1, -0.05) is 127 Å². The second-order valence-corrected chi connectivity index (χ2v) is 9.34. The van der Waals surface area contributed by atoms with Crippen molar-refractivity contribution < 1.29 is 0 Å². The molecule has 7 aromatic rings. The fourth-order valence-corrected chi connectivity index (χ4v) is 4.97. The van der Waals surface area contributed by atoms with Crippen LogP contribution in [0.15, 0.2) is 140 Å². The van der Waals surface area contributed by atoms with E-state index in [1.165, 1.54) is 27.3 Å². The second kappa shape index (κ2) is 9.38. The van der Waals surface area contributed by atoms with Crippen LogP contribution < -0.4 is 0 Å². The van der Waals surface area contributed by atoms with Crippen LogP contribution in [0.25, 0.3) is 66.8 Å². The lowest BCUT2D eigenvalue weighted by molar-refractivity contribution is 1.07. The molecule has 1 heterocycles. The predicted octanol–water partition coefficient (Wildman–Crippen LogP) is 8.85. The molecule has 0 aliphatic rings. The Morgan fingerprint density at radius 3 is 1.47 bits per heavy atom. The van der Waals surface area contributed by atoms with Crippen molar-refractivity contribution in [1.29, 1.82) is 0 Å². The third-order valence-corrected chi connectivity index (χ3v) is 6.90. The lowest BCUT2D eigenvalue weighted by Gasteiger charge is -2.10. The summed E-state index contributed by atoms with van der Waals surface area (Å²) in [6.45, 7) is 0. The molecule has 7 rings (SSSR count). The molecule has 0 fully saturated rings. The highest BCUT2D eigenvalue weighted by atomic mass is 15.0. The van der Waals surface area contributed by atoms with Crippen LogP contribution in [-0.4, -0.2) is 15.0 Å². The number of benzene rings is 6. The Labute approximate surface area is 221 Å². The summed E-state index contributed by atoms with van der Waals surface area (Å²) in [5.41, 5.74) is 5.35. The maximum absolute atomic E-state index is 4.88. The monoisotopic (exact) mass is 485 g/mol. The molecule has 1 aromatic heterocycles. The summed E-state index contributed by atoms with van der Waals surface area (Å²) in [4.78, 5) is 14.6. The van der Waals surface area contributed by atoms with E-state index in [1.807, 2.05) is 60.7 Å². The number of aromatic nitrogens is 3. The summed E-state index contributed by atoms with van der Waals surface area (Å²) in [5.74, 6) is 2.00. The molecular weight excluding hydrogens is 462 g/mol. The van der Waals surface area contributed by atoms with Crippen molar-refractivity contribution in [2.45, 2.75) is 0 Å². The Bertz CT molecular complexity index is 1850. The summed E-state index contributed by atoms with van der Waals surface area (Å²) >= 11 is 0. The van der Waals surface area contributed by atoms with Crippen molar-refractivity contribution in [3.8, 4) is 45.3 Å². The zero-order valence-electron chi connectivity index (χ0n) is 20.6. The van der Waals surface area contributed by atoms with E-state index < -0.39 is 0 Å². The van der Waals surface area contributed by atoms with Gasteiger partial charge >= 0.3 is 0 Å². The van der Waals surface area contributed by atoms with E-state index in [0.29, 0.717) is 17.5 Å². The zero-order chi connectivity index (χ0) is 25.3. The fraction of sp³-hybridized carbons (Fsp3) is 0. The first kappa shape index (κ1) is 22.1. The Morgan fingerprint density at radius 2 is 0.816 bits per heavy atom. The topological polar surface area (TPSA) is 38.7 Å². The van der Waals surface area contributed by atoms with Crippen molar-refractivity contribution in [3.63, 3.8) is 0 Å². The quantitative estimate of drug-likeness (QED) is 0.250. The van der Waals surface area contributed by atoms with Crippen LogP contribution in [0.3, 0.4) is 0 Å². The first-order valence-electron chi connectivity index (χ1n) is 12.7. The normalized spacial score (nSPS) is 11.2. The van der Waals surface area contributed by atoms with Gasteiger partial charge in [-0.05, 0) is 44.8 Å². The molecule has 0 amide bonds. The Hall–Kier alpha value is -5.15. The van der Waals surface area contributed by atoms with Crippen LogP contribution in [0.1, 0.15) is 0 Å². The molecule has 0 aliphatic carbocycles. The van der Waals surface area contributed by atoms with Gasteiger partial charge in [0.15, 0.2) is 17.5 Å². The van der Waals surface area contributed by atoms with Crippen molar-refractivity contribution in [3.05, 3.63) is 140 Å². The minimum atomic E-state index is 0.665. The highest BCUT2D eigenvalue weighted by Gasteiger charge is 2.13. The Kier molecular flexibility index (Phi) is 5.45. The molecule has 38 heavy (non-hydrogen) atoms. The molecule has 0 spiro atoms. The number of hydrogen-bond acceptors (Lipinski definition) is 3. The van der Waals surface area contributed by atoms with E-state index in [4.69, 9.17) is 15.0 Å². The zero-order valence-corrected chi connectivity index (χ0v) is 20.6. The van der Waals surface area contributed by atoms with E-state index in [2.05, 4.69) is 78.9 Å².